The fraction of sp³-hybridized carbons (Fsp3) is 0.130. The number of benzene rings is 3. The number of anilines is 1. The van der Waals surface area contributed by atoms with E-state index in [1.165, 1.54) is 0 Å². The molecule has 0 aliphatic carbocycles. The number of hydrogen-bond donors (Lipinski definition) is 0. The number of nitrogens with zero attached hydrogens (tertiary/aromatic N) is 1. The number of carbonyl (C=O) groups excluding carboxylic acids is 2. The smallest absolute Gasteiger partial charge is 0.242 e. The van der Waals surface area contributed by atoms with Crippen molar-refractivity contribution in [2.24, 2.45) is 0 Å². The summed E-state index contributed by atoms with van der Waals surface area (Å²) >= 11 is 1.64. The Morgan fingerprint density at radius 1 is 0.929 bits per heavy atom. The van der Waals surface area contributed by atoms with E-state index in [-0.39, 0.29) is 18.2 Å². The number of furan rings is 1. The van der Waals surface area contributed by atoms with Gasteiger partial charge in [0.15, 0.2) is 5.78 Å². The molecule has 0 spiro atoms. The van der Waals surface area contributed by atoms with E-state index in [2.05, 4.69) is 0 Å². The van der Waals surface area contributed by atoms with Gasteiger partial charge in [0.2, 0.25) is 5.91 Å². The predicted octanol–water partition coefficient (Wildman–Crippen LogP) is 5.01. The molecule has 4 nitrogen and oxygen atoms in total. The lowest BCUT2D eigenvalue weighted by Gasteiger charge is -2.16. The zero-order chi connectivity index (χ0) is 19.3. The average Bonchev–Trinajstić information content (AvgIpc) is 3.24. The topological polar surface area (TPSA) is 50.5 Å². The first-order valence-corrected chi connectivity index (χ1v) is 10.3. The minimum absolute atomic E-state index is 0.0777. The molecule has 28 heavy (non-hydrogen) atoms. The first-order valence-electron chi connectivity index (χ1n) is 9.05. The Bertz CT molecular complexity index is 1230. The van der Waals surface area contributed by atoms with Crippen molar-refractivity contribution >= 4 is 51.1 Å². The number of fused-ring (bicyclic) bond motifs is 3. The standard InChI is InChI=1S/C23H17NO3S/c1-28-16-9-7-15(8-10-16)24-13-19(25)22(23(24)26)14-6-11-21-18(12-14)17-4-2-3-5-20(17)27-21/h2-12,22H,13H2,1H3. The molecule has 1 atom stereocenters. The van der Waals surface area contributed by atoms with Crippen LogP contribution in [0, 0.1) is 0 Å². The van der Waals surface area contributed by atoms with E-state index in [1.54, 1.807) is 16.7 Å². The van der Waals surface area contributed by atoms with Gasteiger partial charge in [-0.15, -0.1) is 11.8 Å². The lowest BCUT2D eigenvalue weighted by atomic mass is 9.95. The molecule has 0 saturated carbocycles. The number of thioether (sulfide) groups is 1. The molecule has 1 aromatic heterocycles. The highest BCUT2D eigenvalue weighted by atomic mass is 32.2. The van der Waals surface area contributed by atoms with E-state index in [9.17, 15) is 9.59 Å². The Balaban J connectivity index is 1.54. The zero-order valence-corrected chi connectivity index (χ0v) is 16.0. The van der Waals surface area contributed by atoms with E-state index in [1.807, 2.05) is 73.0 Å². The summed E-state index contributed by atoms with van der Waals surface area (Å²) in [6.45, 7) is 0.103. The van der Waals surface area contributed by atoms with E-state index < -0.39 is 5.92 Å². The van der Waals surface area contributed by atoms with Gasteiger partial charge >= 0.3 is 0 Å². The first kappa shape index (κ1) is 17.1. The van der Waals surface area contributed by atoms with Gasteiger partial charge in [0.05, 0.1) is 6.54 Å². The second-order valence-electron chi connectivity index (χ2n) is 6.88. The highest BCUT2D eigenvalue weighted by molar-refractivity contribution is 7.98. The Morgan fingerprint density at radius 3 is 2.46 bits per heavy atom. The van der Waals surface area contributed by atoms with Crippen molar-refractivity contribution in [2.45, 2.75) is 10.8 Å². The summed E-state index contributed by atoms with van der Waals surface area (Å²) in [4.78, 5) is 28.5. The molecule has 0 bridgehead atoms. The van der Waals surface area contributed by atoms with Crippen LogP contribution in [0.2, 0.25) is 0 Å². The number of hydrogen-bond acceptors (Lipinski definition) is 4. The van der Waals surface area contributed by atoms with Crippen LogP contribution in [0.15, 0.2) is 76.0 Å². The van der Waals surface area contributed by atoms with Crippen LogP contribution in [-0.2, 0) is 9.59 Å². The molecule has 1 amide bonds. The van der Waals surface area contributed by atoms with Gasteiger partial charge in [0.1, 0.15) is 17.1 Å². The molecular weight excluding hydrogens is 370 g/mol. The Labute approximate surface area is 166 Å². The Kier molecular flexibility index (Phi) is 3.98. The number of carbonyl (C=O) groups is 2. The molecule has 0 N–H and O–H groups in total. The molecule has 4 aromatic rings. The van der Waals surface area contributed by atoms with Crippen LogP contribution in [-0.4, -0.2) is 24.5 Å². The lowest BCUT2D eigenvalue weighted by Crippen LogP contribution is -2.26. The van der Waals surface area contributed by atoms with Crippen molar-refractivity contribution in [3.8, 4) is 0 Å². The third-order valence-corrected chi connectivity index (χ3v) is 6.01. The SMILES string of the molecule is CSc1ccc(N2CC(=O)C(c3ccc4oc5ccccc5c4c3)C2=O)cc1. The molecule has 5 rings (SSSR count). The minimum atomic E-state index is -0.765. The molecule has 2 heterocycles. The first-order chi connectivity index (χ1) is 13.7. The average molecular weight is 387 g/mol. The Hall–Kier alpha value is -3.05. The van der Waals surface area contributed by atoms with E-state index >= 15 is 0 Å². The summed E-state index contributed by atoms with van der Waals surface area (Å²) in [6, 6.07) is 21.1. The van der Waals surface area contributed by atoms with Crippen LogP contribution < -0.4 is 4.90 Å². The zero-order valence-electron chi connectivity index (χ0n) is 15.2. The van der Waals surface area contributed by atoms with Gasteiger partial charge in [0, 0.05) is 21.4 Å². The number of amides is 1. The van der Waals surface area contributed by atoms with Crippen molar-refractivity contribution in [2.75, 3.05) is 17.7 Å². The fourth-order valence-corrected chi connectivity index (χ4v) is 4.26. The van der Waals surface area contributed by atoms with E-state index in [0.717, 1.165) is 38.1 Å². The number of Topliss-reactive ketones (excluding diaryl/α,β-unsaturated/α-hetero) is 1. The normalized spacial score (nSPS) is 17.2. The van der Waals surface area contributed by atoms with Gasteiger partial charge in [-0.3, -0.25) is 9.59 Å². The van der Waals surface area contributed by atoms with Gasteiger partial charge in [-0.25, -0.2) is 0 Å². The van der Waals surface area contributed by atoms with Gasteiger partial charge < -0.3 is 9.32 Å². The molecule has 138 valence electrons. The van der Waals surface area contributed by atoms with Gasteiger partial charge in [0.25, 0.3) is 0 Å². The van der Waals surface area contributed by atoms with Crippen molar-refractivity contribution in [3.63, 3.8) is 0 Å². The van der Waals surface area contributed by atoms with E-state index in [0.29, 0.717) is 0 Å². The molecule has 1 saturated heterocycles. The summed E-state index contributed by atoms with van der Waals surface area (Å²) < 4.78 is 5.85. The quantitative estimate of drug-likeness (QED) is 0.366. The highest BCUT2D eigenvalue weighted by Gasteiger charge is 2.41. The maximum absolute atomic E-state index is 13.1. The van der Waals surface area contributed by atoms with Crippen molar-refractivity contribution in [1.82, 2.24) is 0 Å². The van der Waals surface area contributed by atoms with Gasteiger partial charge in [-0.1, -0.05) is 24.3 Å². The van der Waals surface area contributed by atoms with Crippen LogP contribution in [0.1, 0.15) is 11.5 Å². The number of ketones is 1. The maximum Gasteiger partial charge on any atom is 0.242 e. The lowest BCUT2D eigenvalue weighted by molar-refractivity contribution is -0.123. The third-order valence-electron chi connectivity index (χ3n) is 5.27. The molecule has 1 aliphatic rings. The summed E-state index contributed by atoms with van der Waals surface area (Å²) in [5, 5.41) is 1.92. The summed E-state index contributed by atoms with van der Waals surface area (Å²) in [5.41, 5.74) is 3.03. The Morgan fingerprint density at radius 2 is 1.68 bits per heavy atom. The van der Waals surface area contributed by atoms with Crippen LogP contribution in [0.4, 0.5) is 5.69 Å². The number of rotatable bonds is 3. The molecular formula is C23H17NO3S. The van der Waals surface area contributed by atoms with E-state index in [4.69, 9.17) is 4.42 Å². The molecule has 3 aromatic carbocycles. The van der Waals surface area contributed by atoms with Gasteiger partial charge in [-0.05, 0) is 54.3 Å². The molecule has 5 heteroatoms. The summed E-state index contributed by atoms with van der Waals surface area (Å²) in [7, 11) is 0. The summed E-state index contributed by atoms with van der Waals surface area (Å²) in [5.74, 6) is -1.02. The molecule has 1 fully saturated rings. The predicted molar refractivity (Wildman–Crippen MR) is 112 cm³/mol. The summed E-state index contributed by atoms with van der Waals surface area (Å²) in [6.07, 6.45) is 2.01. The third kappa shape index (κ3) is 2.62. The van der Waals surface area contributed by atoms with Crippen LogP contribution in [0.25, 0.3) is 21.9 Å². The second-order valence-corrected chi connectivity index (χ2v) is 7.76. The molecule has 1 aliphatic heterocycles. The maximum atomic E-state index is 13.1. The molecule has 1 unspecified atom stereocenters. The monoisotopic (exact) mass is 387 g/mol. The number of para-hydroxylation sites is 1. The minimum Gasteiger partial charge on any atom is -0.456 e. The van der Waals surface area contributed by atoms with Crippen molar-refractivity contribution in [3.05, 3.63) is 72.3 Å². The largest absolute Gasteiger partial charge is 0.456 e. The van der Waals surface area contributed by atoms with Gasteiger partial charge in [-0.2, -0.15) is 0 Å². The van der Waals surface area contributed by atoms with Crippen LogP contribution in [0.5, 0.6) is 0 Å². The fourth-order valence-electron chi connectivity index (χ4n) is 3.85. The van der Waals surface area contributed by atoms with Crippen LogP contribution >= 0.6 is 11.8 Å². The van der Waals surface area contributed by atoms with Crippen LogP contribution in [0.3, 0.4) is 0 Å². The molecule has 0 radical (unpaired) electrons. The second kappa shape index (κ2) is 6.53. The highest BCUT2D eigenvalue weighted by Crippen LogP contribution is 2.35. The van der Waals surface area contributed by atoms with Crippen molar-refractivity contribution < 1.29 is 14.0 Å². The van der Waals surface area contributed by atoms with Crippen molar-refractivity contribution in [1.29, 1.82) is 0 Å².